The normalized spacial score (nSPS) is 16.5. The molecule has 2 aromatic carbocycles. The van der Waals surface area contributed by atoms with Crippen molar-refractivity contribution in [2.75, 3.05) is 19.7 Å². The van der Waals surface area contributed by atoms with Crippen molar-refractivity contribution in [1.82, 2.24) is 9.88 Å². The first-order chi connectivity index (χ1) is 15.8. The van der Waals surface area contributed by atoms with Crippen LogP contribution in [0.3, 0.4) is 0 Å². The van der Waals surface area contributed by atoms with Crippen LogP contribution in [0.15, 0.2) is 66.7 Å². The van der Waals surface area contributed by atoms with Crippen molar-refractivity contribution in [3.8, 4) is 11.3 Å². The third-order valence-corrected chi connectivity index (χ3v) is 6.20. The predicted octanol–water partition coefficient (Wildman–Crippen LogP) is 4.03. The molecular weight excluding hydrogens is 414 g/mol. The van der Waals surface area contributed by atoms with Gasteiger partial charge >= 0.3 is 0 Å². The fourth-order valence-electron chi connectivity index (χ4n) is 4.13. The molecule has 1 aliphatic heterocycles. The Kier molecular flexibility index (Phi) is 6.29. The standard InChI is InChI=1S/C27H29N3O3/c1-18-10-12-21(13-11-18)27(2,3)26(32)30-14-15-33-24(17-30)23-9-5-8-22(29-23)19-6-4-7-20(16-19)25(28)31/h4-13,16,24H,14-15,17H2,1-3H3,(H2,28,31)/t24-/m0/s1. The van der Waals surface area contributed by atoms with Crippen molar-refractivity contribution in [2.45, 2.75) is 32.3 Å². The van der Waals surface area contributed by atoms with Gasteiger partial charge in [-0.05, 0) is 50.6 Å². The van der Waals surface area contributed by atoms with E-state index in [0.717, 1.165) is 22.5 Å². The second-order valence-corrected chi connectivity index (χ2v) is 8.99. The van der Waals surface area contributed by atoms with E-state index in [2.05, 4.69) is 0 Å². The summed E-state index contributed by atoms with van der Waals surface area (Å²) in [5.74, 6) is -0.404. The van der Waals surface area contributed by atoms with Crippen molar-refractivity contribution in [1.29, 1.82) is 0 Å². The fourth-order valence-corrected chi connectivity index (χ4v) is 4.13. The number of morpholine rings is 1. The summed E-state index contributed by atoms with van der Waals surface area (Å²) in [4.78, 5) is 31.7. The Bertz CT molecular complexity index is 1170. The minimum absolute atomic E-state index is 0.0740. The molecule has 0 aliphatic carbocycles. The molecule has 1 saturated heterocycles. The van der Waals surface area contributed by atoms with Crippen LogP contribution in [0.4, 0.5) is 0 Å². The van der Waals surface area contributed by atoms with E-state index in [1.807, 2.05) is 74.2 Å². The maximum Gasteiger partial charge on any atom is 0.248 e. The van der Waals surface area contributed by atoms with Gasteiger partial charge < -0.3 is 15.4 Å². The Balaban J connectivity index is 1.55. The van der Waals surface area contributed by atoms with Crippen molar-refractivity contribution >= 4 is 11.8 Å². The predicted molar refractivity (Wildman–Crippen MR) is 128 cm³/mol. The van der Waals surface area contributed by atoms with Gasteiger partial charge in [-0.1, -0.05) is 48.0 Å². The third kappa shape index (κ3) is 4.81. The van der Waals surface area contributed by atoms with Gasteiger partial charge in [0.05, 0.1) is 30.0 Å². The van der Waals surface area contributed by atoms with Gasteiger partial charge in [0.25, 0.3) is 0 Å². The molecule has 2 N–H and O–H groups in total. The van der Waals surface area contributed by atoms with Crippen LogP contribution in [0.2, 0.25) is 0 Å². The van der Waals surface area contributed by atoms with Gasteiger partial charge in [-0.3, -0.25) is 9.59 Å². The molecule has 0 saturated carbocycles. The van der Waals surface area contributed by atoms with Gasteiger partial charge in [0.1, 0.15) is 6.10 Å². The number of aromatic nitrogens is 1. The number of rotatable bonds is 5. The minimum Gasteiger partial charge on any atom is -0.368 e. The summed E-state index contributed by atoms with van der Waals surface area (Å²) in [5, 5.41) is 0. The number of benzene rings is 2. The molecule has 3 aromatic rings. The highest BCUT2D eigenvalue weighted by Crippen LogP contribution is 2.30. The fraction of sp³-hybridized carbons (Fsp3) is 0.296. The van der Waals surface area contributed by atoms with E-state index in [1.165, 1.54) is 5.56 Å². The number of pyridine rings is 1. The van der Waals surface area contributed by atoms with Gasteiger partial charge in [-0.25, -0.2) is 4.98 Å². The first kappa shape index (κ1) is 22.7. The molecule has 4 rings (SSSR count). The van der Waals surface area contributed by atoms with E-state index in [4.69, 9.17) is 15.5 Å². The lowest BCUT2D eigenvalue weighted by Crippen LogP contribution is -2.49. The zero-order chi connectivity index (χ0) is 23.6. The average molecular weight is 444 g/mol. The minimum atomic E-state index is -0.639. The highest BCUT2D eigenvalue weighted by Gasteiger charge is 2.36. The van der Waals surface area contributed by atoms with Crippen LogP contribution in [-0.2, 0) is 14.9 Å². The van der Waals surface area contributed by atoms with Crippen LogP contribution in [-0.4, -0.2) is 41.4 Å². The smallest absolute Gasteiger partial charge is 0.248 e. The summed E-state index contributed by atoms with van der Waals surface area (Å²) >= 11 is 0. The van der Waals surface area contributed by atoms with Crippen LogP contribution in [0.5, 0.6) is 0 Å². The summed E-state index contributed by atoms with van der Waals surface area (Å²) in [5.41, 5.74) is 9.66. The summed E-state index contributed by atoms with van der Waals surface area (Å²) in [6, 6.07) is 20.9. The number of primary amides is 1. The molecule has 2 amide bonds. The summed E-state index contributed by atoms with van der Waals surface area (Å²) < 4.78 is 6.00. The monoisotopic (exact) mass is 443 g/mol. The molecule has 6 nitrogen and oxygen atoms in total. The second kappa shape index (κ2) is 9.16. The van der Waals surface area contributed by atoms with Crippen LogP contribution < -0.4 is 5.73 Å². The van der Waals surface area contributed by atoms with Gasteiger partial charge in [-0.2, -0.15) is 0 Å². The first-order valence-electron chi connectivity index (χ1n) is 11.1. The number of hydrogen-bond donors (Lipinski definition) is 1. The number of nitrogens with two attached hydrogens (primary N) is 1. The lowest BCUT2D eigenvalue weighted by molar-refractivity contribution is -0.144. The Morgan fingerprint density at radius 3 is 2.52 bits per heavy atom. The van der Waals surface area contributed by atoms with Crippen LogP contribution >= 0.6 is 0 Å². The summed E-state index contributed by atoms with van der Waals surface area (Å²) in [6.45, 7) is 7.40. The number of carbonyl (C=O) groups is 2. The Morgan fingerprint density at radius 2 is 1.79 bits per heavy atom. The molecule has 6 heteroatoms. The molecule has 0 radical (unpaired) electrons. The number of amides is 2. The molecule has 0 spiro atoms. The van der Waals surface area contributed by atoms with E-state index in [9.17, 15) is 9.59 Å². The Hall–Kier alpha value is -3.51. The van der Waals surface area contributed by atoms with Crippen LogP contribution in [0.25, 0.3) is 11.3 Å². The maximum absolute atomic E-state index is 13.5. The molecule has 1 atom stereocenters. The number of hydrogen-bond acceptors (Lipinski definition) is 4. The zero-order valence-corrected chi connectivity index (χ0v) is 19.2. The zero-order valence-electron chi connectivity index (χ0n) is 19.2. The van der Waals surface area contributed by atoms with Gasteiger partial charge in [0.2, 0.25) is 11.8 Å². The average Bonchev–Trinajstić information content (AvgIpc) is 2.84. The van der Waals surface area contributed by atoms with Crippen molar-refractivity contribution in [3.63, 3.8) is 0 Å². The number of nitrogens with zero attached hydrogens (tertiary/aromatic N) is 2. The van der Waals surface area contributed by atoms with Gasteiger partial charge in [-0.15, -0.1) is 0 Å². The Morgan fingerprint density at radius 1 is 1.06 bits per heavy atom. The topological polar surface area (TPSA) is 85.5 Å². The maximum atomic E-state index is 13.5. The Labute approximate surface area is 194 Å². The van der Waals surface area contributed by atoms with Gasteiger partial charge in [0, 0.05) is 17.7 Å². The van der Waals surface area contributed by atoms with Crippen molar-refractivity contribution in [3.05, 3.63) is 89.1 Å². The van der Waals surface area contributed by atoms with Crippen molar-refractivity contribution < 1.29 is 14.3 Å². The SMILES string of the molecule is Cc1ccc(C(C)(C)C(=O)N2CCO[C@H](c3cccc(-c4cccc(C(N)=O)c4)n3)C2)cc1. The highest BCUT2D eigenvalue weighted by molar-refractivity contribution is 5.94. The molecule has 33 heavy (non-hydrogen) atoms. The summed E-state index contributed by atoms with van der Waals surface area (Å²) in [7, 11) is 0. The molecule has 1 aliphatic rings. The quantitative estimate of drug-likeness (QED) is 0.645. The molecule has 0 bridgehead atoms. The largest absolute Gasteiger partial charge is 0.368 e. The van der Waals surface area contributed by atoms with E-state index < -0.39 is 11.3 Å². The van der Waals surface area contributed by atoms with E-state index in [-0.39, 0.29) is 12.0 Å². The van der Waals surface area contributed by atoms with E-state index in [1.54, 1.807) is 18.2 Å². The number of aryl methyl sites for hydroxylation is 1. The van der Waals surface area contributed by atoms with E-state index >= 15 is 0 Å². The first-order valence-corrected chi connectivity index (χ1v) is 11.1. The molecule has 1 aromatic heterocycles. The van der Waals surface area contributed by atoms with Crippen LogP contribution in [0, 0.1) is 6.92 Å². The lowest BCUT2D eigenvalue weighted by Gasteiger charge is -2.37. The number of carbonyl (C=O) groups excluding carboxylic acids is 2. The highest BCUT2D eigenvalue weighted by atomic mass is 16.5. The molecule has 0 unspecified atom stereocenters. The molecular formula is C27H29N3O3. The molecule has 170 valence electrons. The van der Waals surface area contributed by atoms with Gasteiger partial charge in [0.15, 0.2) is 0 Å². The lowest BCUT2D eigenvalue weighted by atomic mass is 9.82. The number of ether oxygens (including phenoxy) is 1. The second-order valence-electron chi connectivity index (χ2n) is 8.99. The van der Waals surface area contributed by atoms with E-state index in [0.29, 0.717) is 25.3 Å². The molecule has 1 fully saturated rings. The third-order valence-electron chi connectivity index (χ3n) is 6.20. The molecule has 2 heterocycles. The van der Waals surface area contributed by atoms with Crippen LogP contribution in [0.1, 0.15) is 47.1 Å². The van der Waals surface area contributed by atoms with Crippen molar-refractivity contribution in [2.24, 2.45) is 5.73 Å². The summed E-state index contributed by atoms with van der Waals surface area (Å²) in [6.07, 6.45) is -0.323.